The van der Waals surface area contributed by atoms with Crippen LogP contribution >= 0.6 is 12.2 Å². The molecule has 0 aliphatic carbocycles. The molecule has 0 aliphatic rings. The molecular formula is C13H17N3OS. The zero-order chi connectivity index (χ0) is 13.3. The van der Waals surface area contributed by atoms with Crippen LogP contribution in [0.15, 0.2) is 24.3 Å². The Morgan fingerprint density at radius 3 is 2.83 bits per heavy atom. The first-order valence-corrected chi connectivity index (χ1v) is 6.41. The Labute approximate surface area is 111 Å². The van der Waals surface area contributed by atoms with Gasteiger partial charge in [0.05, 0.1) is 11.0 Å². The van der Waals surface area contributed by atoms with Gasteiger partial charge in [-0.2, -0.15) is 0 Å². The molecule has 1 N–H and O–H groups in total. The third-order valence-corrected chi connectivity index (χ3v) is 3.52. The maximum Gasteiger partial charge on any atom is 0.245 e. The highest BCUT2D eigenvalue weighted by Gasteiger charge is 2.20. The van der Waals surface area contributed by atoms with Crippen molar-refractivity contribution >= 4 is 29.2 Å². The molecule has 1 aromatic heterocycles. The Hall–Kier alpha value is -1.62. The standard InChI is InChI=1S/C13H17N3OS/c1-4-15(3)12(17)9(2)16-11-8-6-5-7-10(11)14-13(16)18/h5-9H,4H2,1-3H3,(H,14,18). The number of amides is 1. The summed E-state index contributed by atoms with van der Waals surface area (Å²) in [5.74, 6) is 0.0679. The van der Waals surface area contributed by atoms with E-state index in [0.29, 0.717) is 11.3 Å². The zero-order valence-electron chi connectivity index (χ0n) is 10.8. The number of imidazole rings is 1. The Bertz CT molecular complexity index is 628. The average Bonchev–Trinajstić information content (AvgIpc) is 2.71. The molecule has 4 nitrogen and oxygen atoms in total. The van der Waals surface area contributed by atoms with Gasteiger partial charge < -0.3 is 14.5 Å². The van der Waals surface area contributed by atoms with Gasteiger partial charge in [0.15, 0.2) is 4.77 Å². The number of hydrogen-bond donors (Lipinski definition) is 1. The molecule has 5 heteroatoms. The molecule has 0 aliphatic heterocycles. The molecule has 1 atom stereocenters. The van der Waals surface area contributed by atoms with Gasteiger partial charge in [-0.05, 0) is 38.2 Å². The van der Waals surface area contributed by atoms with Crippen LogP contribution in [-0.2, 0) is 4.79 Å². The zero-order valence-corrected chi connectivity index (χ0v) is 11.6. The summed E-state index contributed by atoms with van der Waals surface area (Å²) in [6, 6.07) is 7.53. The molecule has 0 spiro atoms. The number of likely N-dealkylation sites (N-methyl/N-ethyl adjacent to an activating group) is 1. The number of aromatic amines is 1. The predicted octanol–water partition coefficient (Wildman–Crippen LogP) is 2.74. The molecule has 2 aromatic rings. The maximum atomic E-state index is 12.2. The van der Waals surface area contributed by atoms with Gasteiger partial charge in [0.25, 0.3) is 0 Å². The Kier molecular flexibility index (Phi) is 3.52. The van der Waals surface area contributed by atoms with Crippen molar-refractivity contribution in [1.29, 1.82) is 0 Å². The van der Waals surface area contributed by atoms with Crippen molar-refractivity contribution in [2.45, 2.75) is 19.9 Å². The number of benzene rings is 1. The smallest absolute Gasteiger partial charge is 0.245 e. The fraction of sp³-hybridized carbons (Fsp3) is 0.385. The van der Waals surface area contributed by atoms with Crippen molar-refractivity contribution in [3.05, 3.63) is 29.0 Å². The summed E-state index contributed by atoms with van der Waals surface area (Å²) in [4.78, 5) is 17.0. The fourth-order valence-corrected chi connectivity index (χ4v) is 2.41. The topological polar surface area (TPSA) is 41.0 Å². The van der Waals surface area contributed by atoms with E-state index in [-0.39, 0.29) is 11.9 Å². The largest absolute Gasteiger partial charge is 0.344 e. The maximum absolute atomic E-state index is 12.2. The summed E-state index contributed by atoms with van der Waals surface area (Å²) in [7, 11) is 1.80. The molecule has 0 radical (unpaired) electrons. The van der Waals surface area contributed by atoms with Gasteiger partial charge in [0.2, 0.25) is 5.91 Å². The number of para-hydroxylation sites is 2. The lowest BCUT2D eigenvalue weighted by Crippen LogP contribution is -2.32. The number of nitrogens with zero attached hydrogens (tertiary/aromatic N) is 2. The van der Waals surface area contributed by atoms with Gasteiger partial charge in [0.1, 0.15) is 6.04 Å². The Morgan fingerprint density at radius 2 is 2.17 bits per heavy atom. The van der Waals surface area contributed by atoms with Gasteiger partial charge in [-0.1, -0.05) is 12.1 Å². The molecule has 2 rings (SSSR count). The van der Waals surface area contributed by atoms with E-state index in [2.05, 4.69) is 4.98 Å². The molecule has 1 unspecified atom stereocenters. The van der Waals surface area contributed by atoms with Crippen molar-refractivity contribution in [2.24, 2.45) is 0 Å². The van der Waals surface area contributed by atoms with Crippen LogP contribution in [-0.4, -0.2) is 34.0 Å². The molecule has 1 aromatic carbocycles. The second-order valence-electron chi connectivity index (χ2n) is 4.35. The minimum absolute atomic E-state index is 0.0679. The van der Waals surface area contributed by atoms with Crippen molar-refractivity contribution < 1.29 is 4.79 Å². The average molecular weight is 263 g/mol. The van der Waals surface area contributed by atoms with E-state index in [9.17, 15) is 4.79 Å². The monoisotopic (exact) mass is 263 g/mol. The minimum atomic E-state index is -0.293. The molecule has 18 heavy (non-hydrogen) atoms. The molecule has 1 heterocycles. The first-order valence-electron chi connectivity index (χ1n) is 6.00. The Balaban J connectivity index is 2.51. The first kappa shape index (κ1) is 12.8. The number of rotatable bonds is 3. The van der Waals surface area contributed by atoms with E-state index in [0.717, 1.165) is 11.0 Å². The van der Waals surface area contributed by atoms with Crippen molar-refractivity contribution in [3.8, 4) is 0 Å². The van der Waals surface area contributed by atoms with E-state index in [1.807, 2.05) is 42.7 Å². The van der Waals surface area contributed by atoms with Crippen LogP contribution in [0.4, 0.5) is 0 Å². The lowest BCUT2D eigenvalue weighted by atomic mass is 10.2. The normalized spacial score (nSPS) is 12.6. The highest BCUT2D eigenvalue weighted by molar-refractivity contribution is 7.71. The molecule has 1 amide bonds. The molecule has 0 saturated heterocycles. The van der Waals surface area contributed by atoms with Crippen LogP contribution < -0.4 is 0 Å². The van der Waals surface area contributed by atoms with E-state index in [4.69, 9.17) is 12.2 Å². The van der Waals surface area contributed by atoms with Crippen molar-refractivity contribution in [1.82, 2.24) is 14.5 Å². The third kappa shape index (κ3) is 2.06. The van der Waals surface area contributed by atoms with Crippen LogP contribution in [0.2, 0.25) is 0 Å². The second kappa shape index (κ2) is 4.94. The van der Waals surface area contributed by atoms with Gasteiger partial charge in [-0.25, -0.2) is 0 Å². The molecule has 96 valence electrons. The van der Waals surface area contributed by atoms with Crippen LogP contribution in [0.5, 0.6) is 0 Å². The lowest BCUT2D eigenvalue weighted by Gasteiger charge is -2.21. The van der Waals surface area contributed by atoms with E-state index < -0.39 is 0 Å². The summed E-state index contributed by atoms with van der Waals surface area (Å²) in [5, 5.41) is 0. The highest BCUT2D eigenvalue weighted by atomic mass is 32.1. The van der Waals surface area contributed by atoms with Crippen LogP contribution in [0, 0.1) is 4.77 Å². The van der Waals surface area contributed by atoms with Gasteiger partial charge in [-0.15, -0.1) is 0 Å². The summed E-state index contributed by atoms with van der Waals surface area (Å²) in [6.45, 7) is 4.53. The number of carbonyl (C=O) groups is 1. The summed E-state index contributed by atoms with van der Waals surface area (Å²) in [6.07, 6.45) is 0. The molecule has 0 saturated carbocycles. The molecule has 0 bridgehead atoms. The van der Waals surface area contributed by atoms with Crippen LogP contribution in [0.1, 0.15) is 19.9 Å². The van der Waals surface area contributed by atoms with Crippen molar-refractivity contribution in [3.63, 3.8) is 0 Å². The van der Waals surface area contributed by atoms with Crippen LogP contribution in [0.25, 0.3) is 11.0 Å². The fourth-order valence-electron chi connectivity index (χ4n) is 2.04. The second-order valence-corrected chi connectivity index (χ2v) is 4.73. The van der Waals surface area contributed by atoms with Gasteiger partial charge in [-0.3, -0.25) is 4.79 Å². The molecule has 0 fully saturated rings. The van der Waals surface area contributed by atoms with E-state index in [1.54, 1.807) is 11.9 Å². The third-order valence-electron chi connectivity index (χ3n) is 3.22. The predicted molar refractivity (Wildman–Crippen MR) is 75.1 cm³/mol. The van der Waals surface area contributed by atoms with E-state index >= 15 is 0 Å². The number of aromatic nitrogens is 2. The SMILES string of the molecule is CCN(C)C(=O)C(C)n1c(=S)[nH]c2ccccc21. The number of H-pyrrole nitrogens is 1. The van der Waals surface area contributed by atoms with E-state index in [1.165, 1.54) is 0 Å². The number of fused-ring (bicyclic) bond motifs is 1. The van der Waals surface area contributed by atoms with Crippen LogP contribution in [0.3, 0.4) is 0 Å². The first-order chi connectivity index (χ1) is 8.56. The number of carbonyl (C=O) groups excluding carboxylic acids is 1. The van der Waals surface area contributed by atoms with Gasteiger partial charge >= 0.3 is 0 Å². The molecular weight excluding hydrogens is 246 g/mol. The lowest BCUT2D eigenvalue weighted by molar-refractivity contribution is -0.132. The highest BCUT2D eigenvalue weighted by Crippen LogP contribution is 2.20. The quantitative estimate of drug-likeness (QED) is 0.865. The minimum Gasteiger partial charge on any atom is -0.344 e. The van der Waals surface area contributed by atoms with Crippen molar-refractivity contribution in [2.75, 3.05) is 13.6 Å². The summed E-state index contributed by atoms with van der Waals surface area (Å²) < 4.78 is 2.46. The summed E-state index contributed by atoms with van der Waals surface area (Å²) in [5.41, 5.74) is 1.93. The number of hydrogen-bond acceptors (Lipinski definition) is 2. The van der Waals surface area contributed by atoms with Gasteiger partial charge in [0, 0.05) is 13.6 Å². The Morgan fingerprint density at radius 1 is 1.50 bits per heavy atom. The summed E-state index contributed by atoms with van der Waals surface area (Å²) >= 11 is 5.31. The number of nitrogens with one attached hydrogen (secondary N) is 1.